The largest absolute Gasteiger partial charge is 0.342 e. The van der Waals surface area contributed by atoms with E-state index in [0.717, 1.165) is 41.1 Å². The Kier molecular flexibility index (Phi) is 6.40. The molecule has 1 atom stereocenters. The molecular weight excluding hydrogens is 390 g/mol. The predicted octanol–water partition coefficient (Wildman–Crippen LogP) is 4.14. The van der Waals surface area contributed by atoms with Gasteiger partial charge in [0.1, 0.15) is 11.9 Å². The van der Waals surface area contributed by atoms with Gasteiger partial charge >= 0.3 is 0 Å². The lowest BCUT2D eigenvalue weighted by molar-refractivity contribution is -0.121. The molecule has 2 heterocycles. The van der Waals surface area contributed by atoms with Gasteiger partial charge in [0.2, 0.25) is 11.8 Å². The number of benzene rings is 2. The smallest absolute Gasteiger partial charge is 0.226 e. The van der Waals surface area contributed by atoms with Gasteiger partial charge in [-0.3, -0.25) is 4.79 Å². The molecule has 0 aliphatic carbocycles. The van der Waals surface area contributed by atoms with Crippen LogP contribution >= 0.6 is 0 Å². The Hall–Kier alpha value is -3.48. The van der Waals surface area contributed by atoms with Crippen LogP contribution in [0.5, 0.6) is 0 Å². The fourth-order valence-electron chi connectivity index (χ4n) is 3.71. The molecule has 7 nitrogen and oxygen atoms in total. The van der Waals surface area contributed by atoms with Gasteiger partial charge in [-0.05, 0) is 30.5 Å². The minimum Gasteiger partial charge on any atom is -0.342 e. The molecule has 2 aromatic carbocycles. The van der Waals surface area contributed by atoms with Crippen molar-refractivity contribution < 1.29 is 9.32 Å². The Morgan fingerprint density at radius 1 is 1.06 bits per heavy atom. The van der Waals surface area contributed by atoms with Crippen molar-refractivity contribution in [2.24, 2.45) is 7.05 Å². The van der Waals surface area contributed by atoms with E-state index in [1.54, 1.807) is 0 Å². The number of hydrogen-bond acceptors (Lipinski definition) is 5. The number of amides is 1. The number of carbonyl (C=O) groups excluding carboxylic acids is 1. The van der Waals surface area contributed by atoms with E-state index in [1.807, 2.05) is 66.2 Å². The number of nitrogens with zero attached hydrogens (tertiary/aromatic N) is 4. The lowest BCUT2D eigenvalue weighted by atomic mass is 10.1. The minimum absolute atomic E-state index is 0.0331. The number of carbonyl (C=O) groups is 1. The third kappa shape index (κ3) is 4.82. The van der Waals surface area contributed by atoms with Gasteiger partial charge in [0, 0.05) is 26.3 Å². The quantitative estimate of drug-likeness (QED) is 0.442. The maximum Gasteiger partial charge on any atom is 0.226 e. The van der Waals surface area contributed by atoms with Crippen LogP contribution in [-0.4, -0.2) is 25.6 Å². The molecule has 7 heteroatoms. The maximum absolute atomic E-state index is 12.8. The highest BCUT2D eigenvalue weighted by Crippen LogP contribution is 2.25. The first-order chi connectivity index (χ1) is 15.2. The van der Waals surface area contributed by atoms with E-state index in [0.29, 0.717) is 25.2 Å². The second kappa shape index (κ2) is 9.55. The molecule has 0 spiro atoms. The van der Waals surface area contributed by atoms with E-state index in [2.05, 4.69) is 22.4 Å². The summed E-state index contributed by atoms with van der Waals surface area (Å²) in [6, 6.07) is 17.6. The average molecular weight is 418 g/mol. The van der Waals surface area contributed by atoms with E-state index < -0.39 is 0 Å². The Balaban J connectivity index is 1.47. The van der Waals surface area contributed by atoms with Crippen molar-refractivity contribution >= 4 is 16.9 Å². The zero-order chi connectivity index (χ0) is 21.6. The van der Waals surface area contributed by atoms with Crippen molar-refractivity contribution in [1.29, 1.82) is 0 Å². The minimum atomic E-state index is -0.328. The molecule has 1 N–H and O–H groups in total. The molecule has 31 heavy (non-hydrogen) atoms. The van der Waals surface area contributed by atoms with Crippen molar-refractivity contribution in [3.8, 4) is 0 Å². The molecule has 0 bridgehead atoms. The highest BCUT2D eigenvalue weighted by atomic mass is 16.5. The number of nitrogens with one attached hydrogen (secondary N) is 1. The summed E-state index contributed by atoms with van der Waals surface area (Å²) < 4.78 is 7.30. The predicted molar refractivity (Wildman–Crippen MR) is 118 cm³/mol. The van der Waals surface area contributed by atoms with Crippen molar-refractivity contribution in [1.82, 2.24) is 25.0 Å². The lowest BCUT2D eigenvalue weighted by Gasteiger charge is -2.19. The summed E-state index contributed by atoms with van der Waals surface area (Å²) in [7, 11) is 1.98. The number of aryl methyl sites for hydroxylation is 3. The van der Waals surface area contributed by atoms with Crippen LogP contribution in [0, 0.1) is 0 Å². The van der Waals surface area contributed by atoms with Gasteiger partial charge in [0.25, 0.3) is 0 Å². The molecule has 4 aromatic rings. The first-order valence-corrected chi connectivity index (χ1v) is 10.7. The summed E-state index contributed by atoms with van der Waals surface area (Å²) in [6.45, 7) is 2.08. The Bertz CT molecular complexity index is 1150. The van der Waals surface area contributed by atoms with E-state index in [-0.39, 0.29) is 11.9 Å². The summed E-state index contributed by atoms with van der Waals surface area (Å²) >= 11 is 0. The normalized spacial score (nSPS) is 12.2. The van der Waals surface area contributed by atoms with Crippen molar-refractivity contribution in [3.05, 3.63) is 77.7 Å². The summed E-state index contributed by atoms with van der Waals surface area (Å²) in [6.07, 6.45) is 3.39. The van der Waals surface area contributed by atoms with Gasteiger partial charge in [-0.15, -0.1) is 0 Å². The van der Waals surface area contributed by atoms with E-state index in [1.165, 1.54) is 0 Å². The summed E-state index contributed by atoms with van der Waals surface area (Å²) in [4.78, 5) is 22.0. The van der Waals surface area contributed by atoms with Crippen molar-refractivity contribution in [2.45, 2.75) is 45.1 Å². The Morgan fingerprint density at radius 2 is 1.84 bits per heavy atom. The fraction of sp³-hybridized carbons (Fsp3) is 0.333. The number of imidazole rings is 1. The topological polar surface area (TPSA) is 85.8 Å². The second-order valence-electron chi connectivity index (χ2n) is 7.64. The zero-order valence-electron chi connectivity index (χ0n) is 17.9. The van der Waals surface area contributed by atoms with Gasteiger partial charge in [0.05, 0.1) is 11.0 Å². The standard InChI is InChI=1S/C24H27N5O2/c1-3-10-20-26-22(31-28-20)16-9-15-21(30)27-23(17-11-5-4-6-12-17)24-25-18-13-7-8-14-19(18)29(24)2/h4-8,11-14,23H,3,9-10,15-16H2,1-2H3,(H,27,30). The molecule has 0 saturated carbocycles. The number of aromatic nitrogens is 4. The molecule has 0 saturated heterocycles. The molecule has 0 radical (unpaired) electrons. The number of rotatable bonds is 9. The highest BCUT2D eigenvalue weighted by molar-refractivity contribution is 5.78. The molecular formula is C24H27N5O2. The lowest BCUT2D eigenvalue weighted by Crippen LogP contribution is -2.31. The fourth-order valence-corrected chi connectivity index (χ4v) is 3.71. The van der Waals surface area contributed by atoms with Crippen LogP contribution in [0.3, 0.4) is 0 Å². The molecule has 1 unspecified atom stereocenters. The molecule has 160 valence electrons. The van der Waals surface area contributed by atoms with E-state index in [9.17, 15) is 4.79 Å². The molecule has 2 aromatic heterocycles. The van der Waals surface area contributed by atoms with Crippen LogP contribution in [0.4, 0.5) is 0 Å². The maximum atomic E-state index is 12.8. The highest BCUT2D eigenvalue weighted by Gasteiger charge is 2.22. The molecule has 1 amide bonds. The molecule has 0 fully saturated rings. The van der Waals surface area contributed by atoms with Crippen LogP contribution in [0.25, 0.3) is 11.0 Å². The number of hydrogen-bond donors (Lipinski definition) is 1. The summed E-state index contributed by atoms with van der Waals surface area (Å²) in [5.74, 6) is 2.09. The van der Waals surface area contributed by atoms with Crippen molar-refractivity contribution in [2.75, 3.05) is 0 Å². The monoisotopic (exact) mass is 417 g/mol. The van der Waals surface area contributed by atoms with Crippen LogP contribution < -0.4 is 5.32 Å². The Labute approximate surface area is 181 Å². The van der Waals surface area contributed by atoms with E-state index >= 15 is 0 Å². The van der Waals surface area contributed by atoms with Crippen LogP contribution in [0.2, 0.25) is 0 Å². The van der Waals surface area contributed by atoms with Crippen molar-refractivity contribution in [3.63, 3.8) is 0 Å². The van der Waals surface area contributed by atoms with Crippen LogP contribution in [0.1, 0.15) is 55.3 Å². The Morgan fingerprint density at radius 3 is 2.61 bits per heavy atom. The molecule has 0 aliphatic rings. The SMILES string of the molecule is CCCc1noc(CCCC(=O)NC(c2ccccc2)c2nc3ccccc3n2C)n1. The van der Waals surface area contributed by atoms with Gasteiger partial charge in [-0.2, -0.15) is 4.98 Å². The summed E-state index contributed by atoms with van der Waals surface area (Å²) in [5.41, 5.74) is 2.94. The first kappa shape index (κ1) is 20.8. The number of para-hydroxylation sites is 2. The van der Waals surface area contributed by atoms with E-state index in [4.69, 9.17) is 9.51 Å². The van der Waals surface area contributed by atoms with Gasteiger partial charge < -0.3 is 14.4 Å². The number of fused-ring (bicyclic) bond motifs is 1. The second-order valence-corrected chi connectivity index (χ2v) is 7.64. The third-order valence-corrected chi connectivity index (χ3v) is 5.30. The zero-order valence-corrected chi connectivity index (χ0v) is 17.9. The molecule has 4 rings (SSSR count). The average Bonchev–Trinajstić information content (AvgIpc) is 3.37. The van der Waals surface area contributed by atoms with Gasteiger partial charge in [0.15, 0.2) is 5.82 Å². The third-order valence-electron chi connectivity index (χ3n) is 5.30. The first-order valence-electron chi connectivity index (χ1n) is 10.7. The molecule has 0 aliphatic heterocycles. The van der Waals surface area contributed by atoms with Crippen LogP contribution in [-0.2, 0) is 24.7 Å². The van der Waals surface area contributed by atoms with Gasteiger partial charge in [-0.25, -0.2) is 4.98 Å². The van der Waals surface area contributed by atoms with Gasteiger partial charge in [-0.1, -0.05) is 54.5 Å². The summed E-state index contributed by atoms with van der Waals surface area (Å²) in [5, 5.41) is 7.14. The van der Waals surface area contributed by atoms with Crippen LogP contribution in [0.15, 0.2) is 59.1 Å².